The number of aliphatic hydroxyl groups excluding tert-OH is 1. The number of aliphatic hydroxyl groups is 1. The molecule has 16 heavy (non-hydrogen) atoms. The molecule has 2 fully saturated rings. The Morgan fingerprint density at radius 3 is 2.81 bits per heavy atom. The van der Waals surface area contributed by atoms with Crippen molar-refractivity contribution in [2.45, 2.75) is 52.1 Å². The normalized spacial score (nSPS) is 41.4. The molecule has 1 aliphatic carbocycles. The van der Waals surface area contributed by atoms with Crippen LogP contribution in [-0.2, 0) is 4.74 Å². The fourth-order valence-electron chi connectivity index (χ4n) is 3.69. The summed E-state index contributed by atoms with van der Waals surface area (Å²) < 4.78 is 5.73. The highest BCUT2D eigenvalue weighted by Gasteiger charge is 2.38. The zero-order chi connectivity index (χ0) is 11.5. The van der Waals surface area contributed by atoms with E-state index in [1.807, 2.05) is 6.92 Å². The van der Waals surface area contributed by atoms with Gasteiger partial charge in [-0.15, -0.1) is 0 Å². The van der Waals surface area contributed by atoms with E-state index in [0.29, 0.717) is 0 Å². The number of hydrogen-bond acceptors (Lipinski definition) is 2. The second-order valence-electron chi connectivity index (χ2n) is 5.96. The predicted octanol–water partition coefficient (Wildman–Crippen LogP) is 2.85. The number of rotatable bonds is 3. The monoisotopic (exact) mass is 226 g/mol. The van der Waals surface area contributed by atoms with Gasteiger partial charge in [0.05, 0.1) is 6.10 Å². The minimum absolute atomic E-state index is 0.137. The predicted molar refractivity (Wildman–Crippen MR) is 65.2 cm³/mol. The molecule has 2 rings (SSSR count). The molecule has 0 amide bonds. The summed E-state index contributed by atoms with van der Waals surface area (Å²) >= 11 is 0. The topological polar surface area (TPSA) is 29.5 Å². The van der Waals surface area contributed by atoms with E-state index in [0.717, 1.165) is 43.3 Å². The summed E-state index contributed by atoms with van der Waals surface area (Å²) in [5.74, 6) is 3.21. The fourth-order valence-corrected chi connectivity index (χ4v) is 3.69. The largest absolute Gasteiger partial charge is 0.393 e. The fraction of sp³-hybridized carbons (Fsp3) is 1.00. The molecule has 1 heterocycles. The smallest absolute Gasteiger partial charge is 0.0512 e. The number of fused-ring (bicyclic) bond motifs is 1. The standard InChI is InChI=1S/C14H26O2/c1-10-8-16-9-14-12(7-6-11(2)15)4-3-5-13(10)14/h10-15H,3-9H2,1-2H3/t10-,11?,12+,13-,14?/m0/s1. The third-order valence-corrected chi connectivity index (χ3v) is 4.64. The molecule has 5 atom stereocenters. The van der Waals surface area contributed by atoms with Gasteiger partial charge in [0, 0.05) is 13.2 Å². The van der Waals surface area contributed by atoms with Gasteiger partial charge in [0.25, 0.3) is 0 Å². The minimum Gasteiger partial charge on any atom is -0.393 e. The van der Waals surface area contributed by atoms with Crippen molar-refractivity contribution in [2.24, 2.45) is 23.7 Å². The zero-order valence-corrected chi connectivity index (χ0v) is 10.7. The Balaban J connectivity index is 1.92. The van der Waals surface area contributed by atoms with Gasteiger partial charge in [-0.1, -0.05) is 19.8 Å². The molecule has 0 aromatic rings. The lowest BCUT2D eigenvalue weighted by Crippen LogP contribution is -2.41. The van der Waals surface area contributed by atoms with Gasteiger partial charge in [-0.2, -0.15) is 0 Å². The highest BCUT2D eigenvalue weighted by Crippen LogP contribution is 2.43. The van der Waals surface area contributed by atoms with Gasteiger partial charge < -0.3 is 9.84 Å². The molecule has 0 bridgehead atoms. The third kappa shape index (κ3) is 2.78. The minimum atomic E-state index is -0.137. The van der Waals surface area contributed by atoms with Crippen LogP contribution in [0.1, 0.15) is 46.0 Å². The van der Waals surface area contributed by atoms with Crippen LogP contribution < -0.4 is 0 Å². The Labute approximate surface area is 99.4 Å². The summed E-state index contributed by atoms with van der Waals surface area (Å²) in [6, 6.07) is 0. The van der Waals surface area contributed by atoms with Gasteiger partial charge in [-0.25, -0.2) is 0 Å². The zero-order valence-electron chi connectivity index (χ0n) is 10.7. The van der Waals surface area contributed by atoms with Crippen LogP contribution in [0.15, 0.2) is 0 Å². The van der Waals surface area contributed by atoms with Gasteiger partial charge in [0.15, 0.2) is 0 Å². The Kier molecular flexibility index (Phi) is 4.26. The van der Waals surface area contributed by atoms with Crippen molar-refractivity contribution in [3.8, 4) is 0 Å². The quantitative estimate of drug-likeness (QED) is 0.802. The van der Waals surface area contributed by atoms with Gasteiger partial charge in [0.2, 0.25) is 0 Å². The molecular formula is C14H26O2. The van der Waals surface area contributed by atoms with Crippen molar-refractivity contribution in [1.29, 1.82) is 0 Å². The lowest BCUT2D eigenvalue weighted by atomic mass is 9.65. The van der Waals surface area contributed by atoms with Crippen LogP contribution in [-0.4, -0.2) is 24.4 Å². The van der Waals surface area contributed by atoms with Crippen LogP contribution in [0.5, 0.6) is 0 Å². The van der Waals surface area contributed by atoms with Crippen LogP contribution in [0.2, 0.25) is 0 Å². The first-order valence-corrected chi connectivity index (χ1v) is 6.94. The van der Waals surface area contributed by atoms with Crippen LogP contribution in [0, 0.1) is 23.7 Å². The Bertz CT molecular complexity index is 215. The summed E-state index contributed by atoms with van der Waals surface area (Å²) in [6.07, 6.45) is 6.15. The summed E-state index contributed by atoms with van der Waals surface area (Å²) in [4.78, 5) is 0. The van der Waals surface area contributed by atoms with E-state index in [4.69, 9.17) is 4.74 Å². The molecule has 2 unspecified atom stereocenters. The third-order valence-electron chi connectivity index (χ3n) is 4.64. The molecule has 0 spiro atoms. The molecule has 94 valence electrons. The van der Waals surface area contributed by atoms with E-state index >= 15 is 0 Å². The summed E-state index contributed by atoms with van der Waals surface area (Å²) in [5.41, 5.74) is 0. The van der Waals surface area contributed by atoms with E-state index in [-0.39, 0.29) is 6.10 Å². The van der Waals surface area contributed by atoms with Crippen LogP contribution in [0.25, 0.3) is 0 Å². The van der Waals surface area contributed by atoms with Crippen molar-refractivity contribution >= 4 is 0 Å². The summed E-state index contributed by atoms with van der Waals surface area (Å²) in [7, 11) is 0. The number of hydrogen-bond donors (Lipinski definition) is 1. The molecule has 1 saturated heterocycles. The molecule has 1 N–H and O–H groups in total. The van der Waals surface area contributed by atoms with Gasteiger partial charge in [-0.05, 0) is 49.9 Å². The summed E-state index contributed by atoms with van der Waals surface area (Å²) in [5, 5.41) is 9.40. The lowest BCUT2D eigenvalue weighted by Gasteiger charge is -2.44. The first-order valence-electron chi connectivity index (χ1n) is 6.94. The van der Waals surface area contributed by atoms with E-state index in [9.17, 15) is 5.11 Å². The average molecular weight is 226 g/mol. The molecule has 0 aromatic heterocycles. The van der Waals surface area contributed by atoms with E-state index in [1.165, 1.54) is 25.7 Å². The van der Waals surface area contributed by atoms with Crippen molar-refractivity contribution < 1.29 is 9.84 Å². The van der Waals surface area contributed by atoms with E-state index < -0.39 is 0 Å². The second kappa shape index (κ2) is 5.50. The van der Waals surface area contributed by atoms with Crippen LogP contribution in [0.3, 0.4) is 0 Å². The van der Waals surface area contributed by atoms with Crippen LogP contribution >= 0.6 is 0 Å². The molecule has 2 aliphatic rings. The maximum atomic E-state index is 9.40. The van der Waals surface area contributed by atoms with Crippen molar-refractivity contribution in [3.63, 3.8) is 0 Å². The van der Waals surface area contributed by atoms with Gasteiger partial charge in [-0.3, -0.25) is 0 Å². The summed E-state index contributed by atoms with van der Waals surface area (Å²) in [6.45, 7) is 6.18. The Morgan fingerprint density at radius 2 is 2.06 bits per heavy atom. The SMILES string of the molecule is CC(O)CC[C@H]1CCC[C@@H]2C1COC[C@@H]2C. The van der Waals surface area contributed by atoms with E-state index in [1.54, 1.807) is 0 Å². The van der Waals surface area contributed by atoms with Gasteiger partial charge >= 0.3 is 0 Å². The van der Waals surface area contributed by atoms with Crippen LogP contribution in [0.4, 0.5) is 0 Å². The molecule has 2 heteroatoms. The van der Waals surface area contributed by atoms with Crippen molar-refractivity contribution in [1.82, 2.24) is 0 Å². The molecule has 0 radical (unpaired) electrons. The molecule has 1 aliphatic heterocycles. The first-order chi connectivity index (χ1) is 7.68. The van der Waals surface area contributed by atoms with Crippen molar-refractivity contribution in [3.05, 3.63) is 0 Å². The first kappa shape index (κ1) is 12.4. The molecular weight excluding hydrogens is 200 g/mol. The molecule has 2 nitrogen and oxygen atoms in total. The average Bonchev–Trinajstić information content (AvgIpc) is 2.27. The highest BCUT2D eigenvalue weighted by atomic mass is 16.5. The second-order valence-corrected chi connectivity index (χ2v) is 5.96. The van der Waals surface area contributed by atoms with Crippen molar-refractivity contribution in [2.75, 3.05) is 13.2 Å². The lowest BCUT2D eigenvalue weighted by molar-refractivity contribution is -0.0668. The Morgan fingerprint density at radius 1 is 1.25 bits per heavy atom. The Hall–Kier alpha value is -0.0800. The highest BCUT2D eigenvalue weighted by molar-refractivity contribution is 4.87. The molecule has 1 saturated carbocycles. The van der Waals surface area contributed by atoms with E-state index in [2.05, 4.69) is 6.92 Å². The maximum absolute atomic E-state index is 9.40. The maximum Gasteiger partial charge on any atom is 0.0512 e. The molecule has 0 aromatic carbocycles. The van der Waals surface area contributed by atoms with Gasteiger partial charge in [0.1, 0.15) is 0 Å². The number of ether oxygens (including phenoxy) is 1.